The fourth-order valence-corrected chi connectivity index (χ4v) is 5.07. The van der Waals surface area contributed by atoms with Crippen molar-refractivity contribution in [3.05, 3.63) is 70.3 Å². The second-order valence-corrected chi connectivity index (χ2v) is 11.7. The molecule has 0 spiro atoms. The fraction of sp³-hybridized carbons (Fsp3) is 0.500. The van der Waals surface area contributed by atoms with E-state index in [0.717, 1.165) is 29.7 Å². The molecule has 3 aliphatic rings. The van der Waals surface area contributed by atoms with Gasteiger partial charge in [0.1, 0.15) is 12.2 Å². The molecule has 2 fully saturated rings. The number of aromatic carboxylic acids is 1. The molecule has 1 N–H and O–H groups in total. The number of carboxylic acids is 1. The summed E-state index contributed by atoms with van der Waals surface area (Å²) in [5, 5.41) is 9.18. The number of carbonyl (C=O) groups is 3. The summed E-state index contributed by atoms with van der Waals surface area (Å²) in [5.41, 5.74) is 3.76. The van der Waals surface area contributed by atoms with Gasteiger partial charge in [-0.25, -0.2) is 14.4 Å². The van der Waals surface area contributed by atoms with Crippen LogP contribution in [0, 0.1) is 5.92 Å². The Morgan fingerprint density at radius 2 is 1.79 bits per heavy atom. The Kier molecular flexibility index (Phi) is 7.07. The van der Waals surface area contributed by atoms with Crippen molar-refractivity contribution in [2.45, 2.75) is 77.2 Å². The predicted molar refractivity (Wildman–Crippen MR) is 141 cm³/mol. The van der Waals surface area contributed by atoms with Gasteiger partial charge in [0.25, 0.3) is 0 Å². The number of rotatable bonds is 7. The van der Waals surface area contributed by atoms with Gasteiger partial charge in [-0.3, -0.25) is 0 Å². The molecular weight excluding hydrogens is 484 g/mol. The van der Waals surface area contributed by atoms with Crippen LogP contribution in [0.15, 0.2) is 42.5 Å². The predicted octanol–water partition coefficient (Wildman–Crippen LogP) is 5.58. The molecule has 1 heterocycles. The minimum atomic E-state index is -0.948. The maximum absolute atomic E-state index is 12.9. The van der Waals surface area contributed by atoms with E-state index in [1.165, 1.54) is 18.4 Å². The molecule has 38 heavy (non-hydrogen) atoms. The van der Waals surface area contributed by atoms with E-state index >= 15 is 0 Å². The van der Waals surface area contributed by atoms with Crippen LogP contribution in [0.4, 0.5) is 9.59 Å². The largest absolute Gasteiger partial charge is 0.478 e. The number of hydrogen-bond acceptors (Lipinski definition) is 5. The summed E-state index contributed by atoms with van der Waals surface area (Å²) in [4.78, 5) is 40.3. The van der Waals surface area contributed by atoms with Crippen LogP contribution >= 0.6 is 0 Å². The summed E-state index contributed by atoms with van der Waals surface area (Å²) in [6.07, 6.45) is 3.30. The third kappa shape index (κ3) is 6.29. The lowest BCUT2D eigenvalue weighted by molar-refractivity contribution is 0.0220. The van der Waals surface area contributed by atoms with Crippen molar-refractivity contribution >= 4 is 18.2 Å². The number of carboxylic acid groups (broad SMARTS) is 1. The van der Waals surface area contributed by atoms with Crippen molar-refractivity contribution in [3.63, 3.8) is 0 Å². The van der Waals surface area contributed by atoms with Crippen LogP contribution in [0.2, 0.25) is 0 Å². The maximum atomic E-state index is 12.9. The molecule has 5 rings (SSSR count). The average molecular weight is 521 g/mol. The number of amides is 2. The normalized spacial score (nSPS) is 20.3. The van der Waals surface area contributed by atoms with Gasteiger partial charge >= 0.3 is 18.2 Å². The molecule has 0 radical (unpaired) electrons. The van der Waals surface area contributed by atoms with E-state index < -0.39 is 11.6 Å². The summed E-state index contributed by atoms with van der Waals surface area (Å²) >= 11 is 0. The number of fused-ring (bicyclic) bond motifs is 1. The van der Waals surface area contributed by atoms with Gasteiger partial charge in [0, 0.05) is 31.6 Å². The second-order valence-electron chi connectivity index (χ2n) is 11.7. The zero-order chi connectivity index (χ0) is 27.0. The minimum Gasteiger partial charge on any atom is -0.478 e. The molecule has 2 atom stereocenters. The van der Waals surface area contributed by atoms with E-state index in [0.29, 0.717) is 31.3 Å². The lowest BCUT2D eigenvalue weighted by atomic mass is 9.97. The zero-order valence-electron chi connectivity index (χ0n) is 22.3. The molecule has 2 unspecified atom stereocenters. The Morgan fingerprint density at radius 1 is 1.05 bits per heavy atom. The summed E-state index contributed by atoms with van der Waals surface area (Å²) in [7, 11) is 0. The highest BCUT2D eigenvalue weighted by Gasteiger charge is 2.47. The minimum absolute atomic E-state index is 0.169. The second kappa shape index (κ2) is 10.3. The molecule has 0 aromatic heterocycles. The van der Waals surface area contributed by atoms with Crippen LogP contribution in [-0.4, -0.2) is 57.8 Å². The number of ether oxygens (including phenoxy) is 2. The number of hydrogen-bond donors (Lipinski definition) is 1. The first-order valence-corrected chi connectivity index (χ1v) is 13.4. The van der Waals surface area contributed by atoms with Gasteiger partial charge in [-0.1, -0.05) is 30.3 Å². The molecule has 2 aromatic rings. The van der Waals surface area contributed by atoms with Crippen molar-refractivity contribution in [1.82, 2.24) is 9.80 Å². The summed E-state index contributed by atoms with van der Waals surface area (Å²) in [6, 6.07) is 13.3. The molecule has 0 bridgehead atoms. The van der Waals surface area contributed by atoms with Crippen molar-refractivity contribution in [2.24, 2.45) is 5.92 Å². The summed E-state index contributed by atoms with van der Waals surface area (Å²) < 4.78 is 11.3. The van der Waals surface area contributed by atoms with Crippen molar-refractivity contribution in [3.8, 4) is 0 Å². The molecular formula is C30H36N2O6. The maximum Gasteiger partial charge on any atom is 0.410 e. The van der Waals surface area contributed by atoms with Crippen LogP contribution < -0.4 is 0 Å². The Bertz CT molecular complexity index is 1210. The Labute approximate surface area is 223 Å². The first-order valence-electron chi connectivity index (χ1n) is 13.4. The van der Waals surface area contributed by atoms with Crippen LogP contribution in [-0.2, 0) is 29.0 Å². The Hall–Kier alpha value is -3.55. The standard InChI is InChI=1S/C30H36N2O6/c1-30(2,3)38-29(36)32(16-19-4-5-19)26-15-25(26)21-8-6-20(7-9-21)18-37-28(35)31-13-12-22-14-23(27(33)34)10-11-24(22)17-31/h6-11,14,19,25-26H,4-5,12-13,15-18H2,1-3H3,(H,33,34). The van der Waals surface area contributed by atoms with Crippen LogP contribution in [0.25, 0.3) is 0 Å². The van der Waals surface area contributed by atoms with Crippen molar-refractivity contribution in [2.75, 3.05) is 13.1 Å². The SMILES string of the molecule is CC(C)(C)OC(=O)N(CC1CC1)C1CC1c1ccc(COC(=O)N2CCc3cc(C(=O)O)ccc3C2)cc1. The van der Waals surface area contributed by atoms with E-state index in [4.69, 9.17) is 9.47 Å². The van der Waals surface area contributed by atoms with Crippen LogP contribution in [0.3, 0.4) is 0 Å². The molecule has 8 heteroatoms. The Balaban J connectivity index is 1.13. The van der Waals surface area contributed by atoms with Crippen LogP contribution in [0.5, 0.6) is 0 Å². The monoisotopic (exact) mass is 520 g/mol. The first kappa shape index (κ1) is 26.1. The van der Waals surface area contributed by atoms with Gasteiger partial charge in [-0.15, -0.1) is 0 Å². The van der Waals surface area contributed by atoms with Gasteiger partial charge in [-0.05, 0) is 86.8 Å². The molecule has 1 aliphatic heterocycles. The fourth-order valence-electron chi connectivity index (χ4n) is 5.07. The molecule has 2 saturated carbocycles. The van der Waals surface area contributed by atoms with E-state index in [2.05, 4.69) is 12.1 Å². The smallest absolute Gasteiger partial charge is 0.410 e. The molecule has 202 valence electrons. The quantitative estimate of drug-likeness (QED) is 0.512. The highest BCUT2D eigenvalue weighted by atomic mass is 16.6. The third-order valence-corrected chi connectivity index (χ3v) is 7.43. The van der Waals surface area contributed by atoms with E-state index in [1.807, 2.05) is 37.8 Å². The molecule has 8 nitrogen and oxygen atoms in total. The first-order chi connectivity index (χ1) is 18.1. The number of carbonyl (C=O) groups excluding carboxylic acids is 2. The Morgan fingerprint density at radius 3 is 2.45 bits per heavy atom. The zero-order valence-corrected chi connectivity index (χ0v) is 22.3. The molecule has 0 saturated heterocycles. The van der Waals surface area contributed by atoms with Gasteiger partial charge < -0.3 is 24.4 Å². The lowest BCUT2D eigenvalue weighted by Crippen LogP contribution is -2.40. The van der Waals surface area contributed by atoms with E-state index in [-0.39, 0.29) is 30.4 Å². The third-order valence-electron chi connectivity index (χ3n) is 7.43. The van der Waals surface area contributed by atoms with Gasteiger partial charge in [0.2, 0.25) is 0 Å². The van der Waals surface area contributed by atoms with Crippen molar-refractivity contribution < 1.29 is 29.0 Å². The van der Waals surface area contributed by atoms with E-state index in [1.54, 1.807) is 23.1 Å². The molecule has 2 aromatic carbocycles. The molecule has 2 amide bonds. The van der Waals surface area contributed by atoms with Crippen LogP contribution in [0.1, 0.15) is 78.6 Å². The average Bonchev–Trinajstić information content (AvgIpc) is 3.80. The summed E-state index contributed by atoms with van der Waals surface area (Å²) in [6.45, 7) is 7.55. The van der Waals surface area contributed by atoms with Crippen molar-refractivity contribution in [1.29, 1.82) is 0 Å². The number of nitrogens with zero attached hydrogens (tertiary/aromatic N) is 2. The van der Waals surface area contributed by atoms with E-state index in [9.17, 15) is 19.5 Å². The molecule has 2 aliphatic carbocycles. The topological polar surface area (TPSA) is 96.4 Å². The number of benzene rings is 2. The van der Waals surface area contributed by atoms with Gasteiger partial charge in [0.15, 0.2) is 0 Å². The van der Waals surface area contributed by atoms with Gasteiger partial charge in [-0.2, -0.15) is 0 Å². The van der Waals surface area contributed by atoms with Gasteiger partial charge in [0.05, 0.1) is 5.56 Å². The highest BCUT2D eigenvalue weighted by Crippen LogP contribution is 2.46. The highest BCUT2D eigenvalue weighted by molar-refractivity contribution is 5.88. The lowest BCUT2D eigenvalue weighted by Gasteiger charge is -2.28. The summed E-state index contributed by atoms with van der Waals surface area (Å²) in [5.74, 6) is -0.0548.